The van der Waals surface area contributed by atoms with Crippen molar-refractivity contribution in [2.24, 2.45) is 16.3 Å². The summed E-state index contributed by atoms with van der Waals surface area (Å²) in [7, 11) is 3.15. The molecule has 0 amide bonds. The summed E-state index contributed by atoms with van der Waals surface area (Å²) in [6.45, 7) is 8.48. The van der Waals surface area contributed by atoms with Crippen LogP contribution in [0.25, 0.3) is 0 Å². The van der Waals surface area contributed by atoms with Gasteiger partial charge in [0.25, 0.3) is 0 Å². The summed E-state index contributed by atoms with van der Waals surface area (Å²) in [5, 5.41) is 0. The Morgan fingerprint density at radius 2 is 1.82 bits per heavy atom. The average Bonchev–Trinajstić information content (AvgIpc) is 2.74. The van der Waals surface area contributed by atoms with Gasteiger partial charge in [0.2, 0.25) is 0 Å². The second-order valence-corrected chi connectivity index (χ2v) is 10.5. The fraction of sp³-hybridized carbons (Fsp3) is 0.577. The molecule has 0 saturated heterocycles. The molecule has 2 aliphatic rings. The normalized spacial score (nSPS) is 21.9. The van der Waals surface area contributed by atoms with Crippen LogP contribution in [-0.4, -0.2) is 38.3 Å². The van der Waals surface area contributed by atoms with Crippen molar-refractivity contribution >= 4 is 33.4 Å². The highest BCUT2D eigenvalue weighted by molar-refractivity contribution is 9.10. The van der Waals surface area contributed by atoms with Gasteiger partial charge < -0.3 is 14.2 Å². The third kappa shape index (κ3) is 5.34. The molecule has 7 heteroatoms. The quantitative estimate of drug-likeness (QED) is 0.310. The monoisotopic (exact) mass is 519 g/mol. The minimum Gasteiger partial charge on any atom is -0.493 e. The number of methoxy groups -OCH3 is 2. The Balaban J connectivity index is 2.13. The molecule has 1 heterocycles. The van der Waals surface area contributed by atoms with Crippen LogP contribution >= 0.6 is 15.9 Å². The number of aliphatic imine (C=N–C) groups is 1. The minimum absolute atomic E-state index is 0.0352. The fourth-order valence-corrected chi connectivity index (χ4v) is 5.38. The van der Waals surface area contributed by atoms with E-state index in [0.717, 1.165) is 35.0 Å². The number of carbonyl (C=O) groups excluding carboxylic acids is 2. The van der Waals surface area contributed by atoms with Gasteiger partial charge in [-0.25, -0.2) is 0 Å². The van der Waals surface area contributed by atoms with Crippen LogP contribution < -0.4 is 9.47 Å². The van der Waals surface area contributed by atoms with Crippen molar-refractivity contribution in [3.8, 4) is 11.5 Å². The van der Waals surface area contributed by atoms with Crippen molar-refractivity contribution in [3.63, 3.8) is 0 Å². The van der Waals surface area contributed by atoms with E-state index in [0.29, 0.717) is 42.2 Å². The third-order valence-electron chi connectivity index (χ3n) is 6.39. The first-order valence-corrected chi connectivity index (χ1v) is 12.3. The summed E-state index contributed by atoms with van der Waals surface area (Å²) in [5.41, 5.74) is 2.68. The zero-order valence-corrected chi connectivity index (χ0v) is 22.0. The average molecular weight is 520 g/mol. The van der Waals surface area contributed by atoms with Crippen molar-refractivity contribution in [1.29, 1.82) is 0 Å². The number of ether oxygens (including phenoxy) is 3. The van der Waals surface area contributed by atoms with Gasteiger partial charge in [-0.1, -0.05) is 49.5 Å². The lowest BCUT2D eigenvalue weighted by Gasteiger charge is -2.39. The molecular weight excluding hydrogens is 486 g/mol. The van der Waals surface area contributed by atoms with Crippen LogP contribution in [0.15, 0.2) is 32.9 Å². The summed E-state index contributed by atoms with van der Waals surface area (Å²) in [6.07, 6.45) is 3.96. The standard InChI is InChI=1S/C26H34BrNO5/c1-7-8-9-10-33-25(30)22-15(2)28-18-13-26(3,4)14-19(29)24(18)23(22)16-11-20(31-5)21(32-6)12-17(16)27/h11-12,22-23H,7-10,13-14H2,1-6H3. The number of esters is 1. The van der Waals surface area contributed by atoms with E-state index in [1.54, 1.807) is 14.2 Å². The van der Waals surface area contributed by atoms with Crippen LogP contribution in [-0.2, 0) is 14.3 Å². The number of ketones is 1. The highest BCUT2D eigenvalue weighted by Crippen LogP contribution is 2.50. The second-order valence-electron chi connectivity index (χ2n) is 9.61. The molecule has 2 atom stereocenters. The van der Waals surface area contributed by atoms with Crippen molar-refractivity contribution in [2.45, 2.75) is 65.7 Å². The van der Waals surface area contributed by atoms with Gasteiger partial charge in [-0.2, -0.15) is 0 Å². The maximum Gasteiger partial charge on any atom is 0.315 e. The van der Waals surface area contributed by atoms with E-state index in [4.69, 9.17) is 19.2 Å². The number of Topliss-reactive ketones (excluding diaryl/α,β-unsaturated/α-hetero) is 1. The highest BCUT2D eigenvalue weighted by Gasteiger charge is 2.46. The lowest BCUT2D eigenvalue weighted by atomic mass is 9.67. The smallest absolute Gasteiger partial charge is 0.315 e. The SMILES string of the molecule is CCCCCOC(=O)C1C(C)=NC2=C(C(=O)CC(C)(C)C2)C1c1cc(OC)c(OC)cc1Br. The highest BCUT2D eigenvalue weighted by atomic mass is 79.9. The largest absolute Gasteiger partial charge is 0.493 e. The predicted octanol–water partition coefficient (Wildman–Crippen LogP) is 6.02. The maximum absolute atomic E-state index is 13.4. The van der Waals surface area contributed by atoms with Crippen molar-refractivity contribution in [1.82, 2.24) is 0 Å². The second kappa shape index (κ2) is 10.4. The molecule has 0 N–H and O–H groups in total. The third-order valence-corrected chi connectivity index (χ3v) is 7.07. The molecule has 6 nitrogen and oxygen atoms in total. The van der Waals surface area contributed by atoms with Crippen LogP contribution in [0.5, 0.6) is 11.5 Å². The van der Waals surface area contributed by atoms with Crippen LogP contribution in [0.4, 0.5) is 0 Å². The number of hydrogen-bond acceptors (Lipinski definition) is 6. The molecule has 0 fully saturated rings. The Morgan fingerprint density at radius 3 is 2.45 bits per heavy atom. The van der Waals surface area contributed by atoms with E-state index in [-0.39, 0.29) is 17.2 Å². The summed E-state index contributed by atoms with van der Waals surface area (Å²) < 4.78 is 17.4. The molecule has 33 heavy (non-hydrogen) atoms. The molecule has 180 valence electrons. The van der Waals surface area contributed by atoms with E-state index < -0.39 is 11.8 Å². The van der Waals surface area contributed by atoms with Gasteiger partial charge in [0, 0.05) is 33.8 Å². The fourth-order valence-electron chi connectivity index (χ4n) is 4.81. The van der Waals surface area contributed by atoms with Crippen LogP contribution in [0.1, 0.15) is 71.3 Å². The van der Waals surface area contributed by atoms with Crippen LogP contribution in [0.3, 0.4) is 0 Å². The Morgan fingerprint density at radius 1 is 1.15 bits per heavy atom. The number of rotatable bonds is 8. The molecule has 1 aliphatic heterocycles. The Labute approximate surface area is 204 Å². The van der Waals surface area contributed by atoms with E-state index in [2.05, 4.69) is 36.7 Å². The molecular formula is C26H34BrNO5. The van der Waals surface area contributed by atoms with Crippen LogP contribution in [0.2, 0.25) is 0 Å². The molecule has 1 aromatic rings. The molecule has 0 saturated carbocycles. The van der Waals surface area contributed by atoms with Crippen molar-refractivity contribution < 1.29 is 23.8 Å². The first-order chi connectivity index (χ1) is 15.6. The minimum atomic E-state index is -0.676. The topological polar surface area (TPSA) is 74.2 Å². The predicted molar refractivity (Wildman–Crippen MR) is 132 cm³/mol. The Hall–Kier alpha value is -2.15. The first-order valence-electron chi connectivity index (χ1n) is 11.5. The van der Waals surface area contributed by atoms with E-state index in [9.17, 15) is 9.59 Å². The van der Waals surface area contributed by atoms with Gasteiger partial charge in [-0.05, 0) is 42.9 Å². The number of nitrogens with zero attached hydrogens (tertiary/aromatic N) is 1. The molecule has 0 bridgehead atoms. The summed E-state index contributed by atoms with van der Waals surface area (Å²) in [6, 6.07) is 3.66. The Bertz CT molecular complexity index is 995. The molecule has 0 spiro atoms. The van der Waals surface area contributed by atoms with E-state index >= 15 is 0 Å². The number of halogens is 1. The summed E-state index contributed by atoms with van der Waals surface area (Å²) >= 11 is 3.65. The molecule has 1 aromatic carbocycles. The van der Waals surface area contributed by atoms with Gasteiger partial charge in [-0.3, -0.25) is 14.6 Å². The zero-order chi connectivity index (χ0) is 24.3. The summed E-state index contributed by atoms with van der Waals surface area (Å²) in [5.74, 6) is -0.384. The van der Waals surface area contributed by atoms with Gasteiger partial charge in [0.1, 0.15) is 5.92 Å². The molecule has 2 unspecified atom stereocenters. The summed E-state index contributed by atoms with van der Waals surface area (Å²) in [4.78, 5) is 31.6. The van der Waals surface area contributed by atoms with Crippen molar-refractivity contribution in [3.05, 3.63) is 33.4 Å². The number of unbranched alkanes of at least 4 members (excludes halogenated alkanes) is 2. The van der Waals surface area contributed by atoms with E-state index in [1.807, 2.05) is 19.1 Å². The number of hydrogen-bond donors (Lipinski definition) is 0. The number of allylic oxidation sites excluding steroid dienone is 2. The van der Waals surface area contributed by atoms with Crippen molar-refractivity contribution in [2.75, 3.05) is 20.8 Å². The number of benzene rings is 1. The van der Waals surface area contributed by atoms with Gasteiger partial charge in [-0.15, -0.1) is 0 Å². The van der Waals surface area contributed by atoms with Crippen LogP contribution in [0, 0.1) is 11.3 Å². The molecule has 1 aliphatic carbocycles. The van der Waals surface area contributed by atoms with Gasteiger partial charge >= 0.3 is 5.97 Å². The molecule has 3 rings (SSSR count). The lowest BCUT2D eigenvalue weighted by Crippen LogP contribution is -2.39. The zero-order valence-electron chi connectivity index (χ0n) is 20.4. The Kier molecular flexibility index (Phi) is 8.04. The first kappa shape index (κ1) is 25.5. The number of carbonyl (C=O) groups is 2. The molecule has 0 aromatic heterocycles. The van der Waals surface area contributed by atoms with E-state index in [1.165, 1.54) is 0 Å². The van der Waals surface area contributed by atoms with Gasteiger partial charge in [0.15, 0.2) is 17.3 Å². The maximum atomic E-state index is 13.4. The van der Waals surface area contributed by atoms with Gasteiger partial charge in [0.05, 0.1) is 20.8 Å². The lowest BCUT2D eigenvalue weighted by molar-refractivity contribution is -0.146. The molecule has 0 radical (unpaired) electrons.